The van der Waals surface area contributed by atoms with E-state index in [4.69, 9.17) is 0 Å². The molecule has 170 valence electrons. The van der Waals surface area contributed by atoms with E-state index in [1.165, 1.54) is 0 Å². The highest BCUT2D eigenvalue weighted by molar-refractivity contribution is 6.11. The van der Waals surface area contributed by atoms with Gasteiger partial charge in [-0.25, -0.2) is 0 Å². The largest absolute Gasteiger partial charge is 0.508 e. The molecule has 2 atom stereocenters. The van der Waals surface area contributed by atoms with E-state index >= 15 is 0 Å². The average Bonchev–Trinajstić information content (AvgIpc) is 3.47. The number of hydrogen-bond acceptors (Lipinski definition) is 4. The number of benzene rings is 2. The molecule has 0 spiro atoms. The number of aromatic hydroxyl groups is 1. The summed E-state index contributed by atoms with van der Waals surface area (Å²) in [5.41, 5.74) is 2.68. The van der Waals surface area contributed by atoms with Gasteiger partial charge in [0, 0.05) is 12.5 Å². The van der Waals surface area contributed by atoms with Crippen LogP contribution in [0.2, 0.25) is 0 Å². The van der Waals surface area contributed by atoms with Crippen molar-refractivity contribution >= 4 is 35.6 Å². The molecule has 1 aliphatic carbocycles. The molecule has 2 fully saturated rings. The highest BCUT2D eigenvalue weighted by atomic mass is 16.3. The molecular formula is C26H27N3O4. The van der Waals surface area contributed by atoms with Crippen molar-refractivity contribution in [2.45, 2.75) is 44.2 Å². The summed E-state index contributed by atoms with van der Waals surface area (Å²) < 4.78 is 0. The summed E-state index contributed by atoms with van der Waals surface area (Å²) in [5, 5.41) is 15.4. The lowest BCUT2D eigenvalue weighted by atomic mass is 10.0. The van der Waals surface area contributed by atoms with Crippen molar-refractivity contribution in [2.24, 2.45) is 5.92 Å². The van der Waals surface area contributed by atoms with Gasteiger partial charge in [0.2, 0.25) is 11.8 Å². The van der Waals surface area contributed by atoms with Crippen LogP contribution in [0, 0.1) is 5.92 Å². The molecule has 2 aromatic carbocycles. The molecule has 3 amide bonds. The van der Waals surface area contributed by atoms with Gasteiger partial charge in [0.15, 0.2) is 0 Å². The van der Waals surface area contributed by atoms with Crippen LogP contribution in [-0.2, 0) is 9.59 Å². The fourth-order valence-electron chi connectivity index (χ4n) is 5.07. The molecule has 2 unspecified atom stereocenters. The van der Waals surface area contributed by atoms with Crippen LogP contribution < -0.4 is 10.6 Å². The third-order valence-corrected chi connectivity index (χ3v) is 6.87. The Hall–Kier alpha value is -3.61. The topological polar surface area (TPSA) is 98.7 Å². The molecule has 1 saturated carbocycles. The first-order valence-electron chi connectivity index (χ1n) is 11.5. The van der Waals surface area contributed by atoms with Crippen LogP contribution in [0.1, 0.15) is 53.6 Å². The van der Waals surface area contributed by atoms with E-state index in [0.717, 1.165) is 36.8 Å². The number of nitrogens with zero attached hydrogens (tertiary/aromatic N) is 1. The minimum atomic E-state index is -0.703. The van der Waals surface area contributed by atoms with Crippen LogP contribution >= 0.6 is 0 Å². The maximum Gasteiger partial charge on any atom is 0.256 e. The lowest BCUT2D eigenvalue weighted by Crippen LogP contribution is -2.52. The van der Waals surface area contributed by atoms with Gasteiger partial charge in [-0.1, -0.05) is 43.2 Å². The number of hydrogen-bond donors (Lipinski definition) is 3. The summed E-state index contributed by atoms with van der Waals surface area (Å²) in [6, 6.07) is 11.1. The van der Waals surface area contributed by atoms with Crippen LogP contribution in [0.25, 0.3) is 12.2 Å². The van der Waals surface area contributed by atoms with Gasteiger partial charge in [-0.3, -0.25) is 14.4 Å². The van der Waals surface area contributed by atoms with Gasteiger partial charge in [-0.15, -0.1) is 0 Å². The monoisotopic (exact) mass is 445 g/mol. The van der Waals surface area contributed by atoms with Crippen molar-refractivity contribution in [3.05, 3.63) is 59.2 Å². The van der Waals surface area contributed by atoms with Crippen LogP contribution in [0.4, 0.5) is 5.69 Å². The van der Waals surface area contributed by atoms with Gasteiger partial charge >= 0.3 is 0 Å². The fraction of sp³-hybridized carbons (Fsp3) is 0.346. The highest BCUT2D eigenvalue weighted by Crippen LogP contribution is 2.31. The van der Waals surface area contributed by atoms with E-state index in [-0.39, 0.29) is 35.4 Å². The fourth-order valence-corrected chi connectivity index (χ4v) is 5.07. The number of fused-ring (bicyclic) bond motifs is 2. The van der Waals surface area contributed by atoms with Crippen LogP contribution in [0.3, 0.4) is 0 Å². The lowest BCUT2D eigenvalue weighted by molar-refractivity contribution is -0.126. The van der Waals surface area contributed by atoms with Crippen molar-refractivity contribution in [1.82, 2.24) is 10.2 Å². The maximum absolute atomic E-state index is 13.4. The Morgan fingerprint density at radius 2 is 1.70 bits per heavy atom. The molecule has 7 nitrogen and oxygen atoms in total. The molecule has 2 heterocycles. The SMILES string of the molecule is O=C(NC1CCN2C(=O)c3cc(C=Cc4ccc(O)cc4)ccc3NC(=O)C12)C1CCCC1. The van der Waals surface area contributed by atoms with E-state index < -0.39 is 6.04 Å². The Labute approximate surface area is 192 Å². The number of rotatable bonds is 4. The zero-order valence-corrected chi connectivity index (χ0v) is 18.3. The zero-order valence-electron chi connectivity index (χ0n) is 18.3. The molecule has 7 heteroatoms. The molecular weight excluding hydrogens is 418 g/mol. The normalized spacial score (nSPS) is 22.7. The van der Waals surface area contributed by atoms with Crippen LogP contribution in [0.5, 0.6) is 5.75 Å². The Morgan fingerprint density at radius 3 is 2.45 bits per heavy atom. The van der Waals surface area contributed by atoms with Crippen molar-refractivity contribution in [3.8, 4) is 5.75 Å². The van der Waals surface area contributed by atoms with Gasteiger partial charge in [0.25, 0.3) is 5.91 Å². The molecule has 0 aromatic heterocycles. The molecule has 2 aliphatic heterocycles. The first kappa shape index (κ1) is 21.2. The second-order valence-electron chi connectivity index (χ2n) is 9.05. The van der Waals surface area contributed by atoms with E-state index in [1.807, 2.05) is 18.2 Å². The third kappa shape index (κ3) is 4.23. The number of carbonyl (C=O) groups excluding carboxylic acids is 3. The van der Waals surface area contributed by atoms with Gasteiger partial charge in [0.1, 0.15) is 11.8 Å². The molecule has 3 N–H and O–H groups in total. The number of phenols is 1. The first-order valence-corrected chi connectivity index (χ1v) is 11.5. The van der Waals surface area contributed by atoms with Gasteiger partial charge in [0.05, 0.1) is 17.3 Å². The Kier molecular flexibility index (Phi) is 5.62. The van der Waals surface area contributed by atoms with Crippen molar-refractivity contribution in [3.63, 3.8) is 0 Å². The number of nitrogens with one attached hydrogen (secondary N) is 2. The Morgan fingerprint density at radius 1 is 1.00 bits per heavy atom. The Bertz CT molecular complexity index is 1120. The van der Waals surface area contributed by atoms with Crippen LogP contribution in [-0.4, -0.2) is 46.4 Å². The smallest absolute Gasteiger partial charge is 0.256 e. The summed E-state index contributed by atoms with van der Waals surface area (Å²) >= 11 is 0. The summed E-state index contributed by atoms with van der Waals surface area (Å²) in [5.74, 6) is -0.238. The molecule has 5 rings (SSSR count). The van der Waals surface area contributed by atoms with E-state index in [0.29, 0.717) is 24.2 Å². The minimum Gasteiger partial charge on any atom is -0.508 e. The van der Waals surface area contributed by atoms with Gasteiger partial charge in [-0.2, -0.15) is 0 Å². The highest BCUT2D eigenvalue weighted by Gasteiger charge is 2.45. The molecule has 2 aromatic rings. The van der Waals surface area contributed by atoms with Gasteiger partial charge in [-0.05, 0) is 54.7 Å². The van der Waals surface area contributed by atoms with Crippen molar-refractivity contribution < 1.29 is 19.5 Å². The summed E-state index contributed by atoms with van der Waals surface area (Å²) in [7, 11) is 0. The molecule has 3 aliphatic rings. The van der Waals surface area contributed by atoms with Crippen molar-refractivity contribution in [2.75, 3.05) is 11.9 Å². The summed E-state index contributed by atoms with van der Waals surface area (Å²) in [6.07, 6.45) is 8.27. The minimum absolute atomic E-state index is 0.00279. The average molecular weight is 446 g/mol. The molecule has 0 radical (unpaired) electrons. The summed E-state index contributed by atoms with van der Waals surface area (Å²) in [6.45, 7) is 0.430. The van der Waals surface area contributed by atoms with Crippen molar-refractivity contribution in [1.29, 1.82) is 0 Å². The number of phenolic OH excluding ortho intramolecular Hbond substituents is 1. The number of amides is 3. The number of carbonyl (C=O) groups is 3. The summed E-state index contributed by atoms with van der Waals surface area (Å²) in [4.78, 5) is 40.7. The standard InChI is InChI=1S/C26H27N3O4/c30-19-10-7-16(8-11-19)5-6-17-9-12-21-20(15-17)26(33)29-14-13-22(23(29)25(32)27-21)28-24(31)18-3-1-2-4-18/h5-12,15,18,22-23,30H,1-4,13-14H2,(H,27,32)(H,28,31). The second kappa shape index (κ2) is 8.73. The third-order valence-electron chi connectivity index (χ3n) is 6.87. The Balaban J connectivity index is 1.35. The number of anilines is 1. The molecule has 0 bridgehead atoms. The maximum atomic E-state index is 13.4. The van der Waals surface area contributed by atoms with E-state index in [9.17, 15) is 19.5 Å². The lowest BCUT2D eigenvalue weighted by Gasteiger charge is -2.25. The molecule has 1 saturated heterocycles. The first-order chi connectivity index (χ1) is 16.0. The van der Waals surface area contributed by atoms with E-state index in [1.54, 1.807) is 41.3 Å². The zero-order chi connectivity index (χ0) is 22.9. The van der Waals surface area contributed by atoms with E-state index in [2.05, 4.69) is 10.6 Å². The second-order valence-corrected chi connectivity index (χ2v) is 9.05. The quantitative estimate of drug-likeness (QED) is 0.628. The predicted octanol–water partition coefficient (Wildman–Crippen LogP) is 3.40. The van der Waals surface area contributed by atoms with Crippen LogP contribution in [0.15, 0.2) is 42.5 Å². The predicted molar refractivity (Wildman–Crippen MR) is 125 cm³/mol. The van der Waals surface area contributed by atoms with Gasteiger partial charge < -0.3 is 20.6 Å². The molecule has 33 heavy (non-hydrogen) atoms.